The van der Waals surface area contributed by atoms with Crippen LogP contribution < -0.4 is 0 Å². The molecule has 10 heavy (non-hydrogen) atoms. The van der Waals surface area contributed by atoms with E-state index in [0.29, 0.717) is 13.2 Å². The van der Waals surface area contributed by atoms with E-state index in [0.717, 1.165) is 10.5 Å². The maximum absolute atomic E-state index is 5.26. The lowest BCUT2D eigenvalue weighted by Gasteiger charge is -2.22. The van der Waals surface area contributed by atoms with Crippen LogP contribution in [0.25, 0.3) is 0 Å². The Labute approximate surface area is 65.8 Å². The van der Waals surface area contributed by atoms with Crippen molar-refractivity contribution in [2.24, 2.45) is 0 Å². The average Bonchev–Trinajstić information content (AvgIpc) is 1.89. The predicted octanol–water partition coefficient (Wildman–Crippen LogP) is 0.265. The van der Waals surface area contributed by atoms with Crippen LogP contribution in [0.1, 0.15) is 13.8 Å². The fourth-order valence-corrected chi connectivity index (χ4v) is 0.565. The highest BCUT2D eigenvalue weighted by Crippen LogP contribution is 2.06. The first-order valence-electron chi connectivity index (χ1n) is 3.36. The molecule has 0 bridgehead atoms. The minimum Gasteiger partial charge on any atom is -0.421 e. The maximum atomic E-state index is 5.26. The van der Waals surface area contributed by atoms with Gasteiger partial charge in [0.05, 0.1) is 18.8 Å². The van der Waals surface area contributed by atoms with Crippen molar-refractivity contribution < 1.29 is 9.16 Å². The molecule has 0 aromatic carbocycles. The van der Waals surface area contributed by atoms with Crippen LogP contribution in [-0.4, -0.2) is 29.3 Å². The Morgan fingerprint density at radius 3 is 2.60 bits per heavy atom. The molecule has 0 fully saturated rings. The van der Waals surface area contributed by atoms with Crippen molar-refractivity contribution in [1.82, 2.24) is 0 Å². The lowest BCUT2D eigenvalue weighted by atomic mass is 10.2. The molecule has 0 aliphatic carbocycles. The Kier molecular flexibility index (Phi) is 4.60. The van der Waals surface area contributed by atoms with E-state index in [2.05, 4.69) is 6.58 Å². The molecule has 0 saturated carbocycles. The second-order valence-electron chi connectivity index (χ2n) is 2.77. The molecule has 0 saturated heterocycles. The Morgan fingerprint density at radius 1 is 1.60 bits per heavy atom. The largest absolute Gasteiger partial charge is 0.421 e. The average molecular weight is 160 g/mol. The summed E-state index contributed by atoms with van der Waals surface area (Å²) in [5, 5.41) is 0. The van der Waals surface area contributed by atoms with Crippen molar-refractivity contribution >= 4 is 10.5 Å². The molecule has 60 valence electrons. The summed E-state index contributed by atoms with van der Waals surface area (Å²) in [6.45, 7) is 8.83. The van der Waals surface area contributed by atoms with Gasteiger partial charge in [0.1, 0.15) is 10.5 Å². The van der Waals surface area contributed by atoms with Gasteiger partial charge in [0.15, 0.2) is 0 Å². The van der Waals surface area contributed by atoms with E-state index in [-0.39, 0.29) is 5.60 Å². The molecule has 0 rings (SSSR count). The predicted molar refractivity (Wildman–Crippen MR) is 46.1 cm³/mol. The molecule has 0 N–H and O–H groups in total. The van der Waals surface area contributed by atoms with E-state index in [1.54, 1.807) is 6.08 Å². The Balaban J connectivity index is 3.36. The van der Waals surface area contributed by atoms with E-state index in [4.69, 9.17) is 9.16 Å². The molecule has 3 heteroatoms. The molecule has 0 spiro atoms. The van der Waals surface area contributed by atoms with Crippen molar-refractivity contribution in [3.8, 4) is 0 Å². The van der Waals surface area contributed by atoms with Crippen molar-refractivity contribution in [3.63, 3.8) is 0 Å². The summed E-state index contributed by atoms with van der Waals surface area (Å²) in [4.78, 5) is 0. The minimum absolute atomic E-state index is 0.116. The van der Waals surface area contributed by atoms with Crippen LogP contribution in [0.2, 0.25) is 0 Å². The first-order chi connectivity index (χ1) is 4.62. The van der Waals surface area contributed by atoms with E-state index < -0.39 is 0 Å². The fraction of sp³-hybridized carbons (Fsp3) is 0.714. The molecule has 2 nitrogen and oxygen atoms in total. The molecule has 0 radical (unpaired) electrons. The first kappa shape index (κ1) is 9.88. The molecule has 0 aliphatic rings. The molecule has 0 aromatic heterocycles. The standard InChI is InChI=1S/C7H16O2Si/c1-4-5-8-6-7(2,3)9-10/h4H,1,5-6H2,2-3,10H3. The van der Waals surface area contributed by atoms with Crippen molar-refractivity contribution in [2.75, 3.05) is 13.2 Å². The van der Waals surface area contributed by atoms with Crippen molar-refractivity contribution in [2.45, 2.75) is 19.4 Å². The zero-order valence-electron chi connectivity index (χ0n) is 7.02. The molecule has 0 aliphatic heterocycles. The van der Waals surface area contributed by atoms with E-state index in [1.807, 2.05) is 13.8 Å². The molecular formula is C7H16O2Si. The third kappa shape index (κ3) is 4.73. The van der Waals surface area contributed by atoms with Crippen molar-refractivity contribution in [3.05, 3.63) is 12.7 Å². The van der Waals surface area contributed by atoms with Crippen molar-refractivity contribution in [1.29, 1.82) is 0 Å². The topological polar surface area (TPSA) is 18.5 Å². The Bertz CT molecular complexity index is 102. The summed E-state index contributed by atoms with van der Waals surface area (Å²) in [5.74, 6) is 0. The summed E-state index contributed by atoms with van der Waals surface area (Å²) < 4.78 is 10.5. The zero-order chi connectivity index (χ0) is 8.04. The molecule has 0 heterocycles. The van der Waals surface area contributed by atoms with Gasteiger partial charge < -0.3 is 9.16 Å². The SMILES string of the molecule is C=CCOCC(C)(C)O[SiH3]. The number of ether oxygens (including phenoxy) is 1. The fourth-order valence-electron chi connectivity index (χ4n) is 0.447. The van der Waals surface area contributed by atoms with E-state index in [9.17, 15) is 0 Å². The van der Waals surface area contributed by atoms with Crippen LogP contribution >= 0.6 is 0 Å². The molecule has 0 atom stereocenters. The van der Waals surface area contributed by atoms with Gasteiger partial charge in [-0.25, -0.2) is 0 Å². The highest BCUT2D eigenvalue weighted by atomic mass is 28.2. The molecule has 0 aromatic rings. The summed E-state index contributed by atoms with van der Waals surface area (Å²) in [5.41, 5.74) is -0.116. The van der Waals surface area contributed by atoms with Crippen LogP contribution in [0.4, 0.5) is 0 Å². The van der Waals surface area contributed by atoms with Gasteiger partial charge in [-0.3, -0.25) is 0 Å². The minimum atomic E-state index is -0.116. The first-order valence-corrected chi connectivity index (χ1v) is 4.18. The molecular weight excluding hydrogens is 144 g/mol. The quantitative estimate of drug-likeness (QED) is 0.326. The van der Waals surface area contributed by atoms with Crippen LogP contribution in [0.15, 0.2) is 12.7 Å². The van der Waals surface area contributed by atoms with E-state index in [1.165, 1.54) is 0 Å². The highest BCUT2D eigenvalue weighted by Gasteiger charge is 2.14. The second-order valence-corrected chi connectivity index (χ2v) is 3.18. The van der Waals surface area contributed by atoms with Gasteiger partial charge >= 0.3 is 0 Å². The molecule has 0 unspecified atom stereocenters. The maximum Gasteiger partial charge on any atom is 0.146 e. The van der Waals surface area contributed by atoms with Crippen LogP contribution in [0.3, 0.4) is 0 Å². The van der Waals surface area contributed by atoms with Gasteiger partial charge in [-0.2, -0.15) is 0 Å². The highest BCUT2D eigenvalue weighted by molar-refractivity contribution is 5.98. The van der Waals surface area contributed by atoms with Crippen LogP contribution in [-0.2, 0) is 9.16 Å². The Morgan fingerprint density at radius 2 is 2.20 bits per heavy atom. The number of hydrogen-bond acceptors (Lipinski definition) is 2. The lowest BCUT2D eigenvalue weighted by Crippen LogP contribution is -2.29. The smallest absolute Gasteiger partial charge is 0.146 e. The second kappa shape index (κ2) is 4.66. The summed E-state index contributed by atoms with van der Waals surface area (Å²) in [6, 6.07) is 0. The van der Waals surface area contributed by atoms with E-state index >= 15 is 0 Å². The third-order valence-corrected chi connectivity index (χ3v) is 2.34. The van der Waals surface area contributed by atoms with Gasteiger partial charge in [-0.05, 0) is 13.8 Å². The molecule has 0 amide bonds. The van der Waals surface area contributed by atoms with Gasteiger partial charge in [0, 0.05) is 0 Å². The monoisotopic (exact) mass is 160 g/mol. The normalized spacial score (nSPS) is 11.8. The van der Waals surface area contributed by atoms with Gasteiger partial charge in [-0.1, -0.05) is 6.08 Å². The zero-order valence-corrected chi connectivity index (χ0v) is 9.02. The summed E-state index contributed by atoms with van der Waals surface area (Å²) in [7, 11) is 0.760. The summed E-state index contributed by atoms with van der Waals surface area (Å²) in [6.07, 6.45) is 1.74. The van der Waals surface area contributed by atoms with Crippen LogP contribution in [0, 0.1) is 0 Å². The van der Waals surface area contributed by atoms with Gasteiger partial charge in [-0.15, -0.1) is 6.58 Å². The number of rotatable bonds is 5. The number of hydrogen-bond donors (Lipinski definition) is 0. The van der Waals surface area contributed by atoms with Gasteiger partial charge in [0.25, 0.3) is 0 Å². The Hall–Kier alpha value is -0.123. The lowest BCUT2D eigenvalue weighted by molar-refractivity contribution is 0.0116. The third-order valence-electron chi connectivity index (χ3n) is 1.24. The summed E-state index contributed by atoms with van der Waals surface area (Å²) >= 11 is 0. The van der Waals surface area contributed by atoms with Crippen LogP contribution in [0.5, 0.6) is 0 Å². The van der Waals surface area contributed by atoms with Gasteiger partial charge in [0.2, 0.25) is 0 Å².